The number of benzene rings is 3. The lowest BCUT2D eigenvalue weighted by Crippen LogP contribution is -2.29. The molecule has 1 unspecified atom stereocenters. The van der Waals surface area contributed by atoms with Gasteiger partial charge in [0.15, 0.2) is 0 Å². The number of fused-ring (bicyclic) bond motifs is 1. The zero-order valence-electron chi connectivity index (χ0n) is 19.3. The van der Waals surface area contributed by atoms with Gasteiger partial charge in [0.1, 0.15) is 0 Å². The van der Waals surface area contributed by atoms with Crippen molar-refractivity contribution in [3.8, 4) is 0 Å². The van der Waals surface area contributed by atoms with Crippen LogP contribution in [-0.4, -0.2) is 38.1 Å². The highest BCUT2D eigenvalue weighted by Crippen LogP contribution is 2.31. The molecule has 0 radical (unpaired) electrons. The molecule has 1 aromatic heterocycles. The van der Waals surface area contributed by atoms with Gasteiger partial charge in [-0.05, 0) is 34.9 Å². The van der Waals surface area contributed by atoms with E-state index in [9.17, 15) is 4.79 Å². The number of aromatic amines is 1. The van der Waals surface area contributed by atoms with Gasteiger partial charge in [-0.15, -0.1) is 0 Å². The number of rotatable bonds is 10. The van der Waals surface area contributed by atoms with Crippen LogP contribution in [0.5, 0.6) is 0 Å². The summed E-state index contributed by atoms with van der Waals surface area (Å²) in [6, 6.07) is 26.8. The second-order valence-corrected chi connectivity index (χ2v) is 8.42. The monoisotopic (exact) mass is 441 g/mol. The second-order valence-electron chi connectivity index (χ2n) is 8.42. The third-order valence-corrected chi connectivity index (χ3v) is 5.90. The number of nitrogens with one attached hydrogen (secondary N) is 2. The predicted molar refractivity (Wildman–Crippen MR) is 135 cm³/mol. The van der Waals surface area contributed by atoms with Crippen LogP contribution in [0.4, 0.5) is 5.69 Å². The number of para-hydroxylation sites is 1. The Bertz CT molecular complexity index is 1170. The van der Waals surface area contributed by atoms with E-state index in [1.165, 1.54) is 16.5 Å². The Morgan fingerprint density at radius 1 is 0.970 bits per heavy atom. The molecule has 0 bridgehead atoms. The summed E-state index contributed by atoms with van der Waals surface area (Å²) in [5.41, 5.74) is 5.72. The van der Waals surface area contributed by atoms with Gasteiger partial charge in [-0.1, -0.05) is 60.7 Å². The molecule has 1 heterocycles. The number of ether oxygens (including phenoxy) is 1. The first-order valence-corrected chi connectivity index (χ1v) is 11.3. The fourth-order valence-corrected chi connectivity index (χ4v) is 4.03. The summed E-state index contributed by atoms with van der Waals surface area (Å²) in [6.07, 6.45) is 2.40. The molecule has 0 saturated heterocycles. The summed E-state index contributed by atoms with van der Waals surface area (Å²) < 4.78 is 5.68. The Morgan fingerprint density at radius 3 is 2.45 bits per heavy atom. The first-order valence-electron chi connectivity index (χ1n) is 11.3. The first-order chi connectivity index (χ1) is 16.1. The van der Waals surface area contributed by atoms with Crippen molar-refractivity contribution in [2.24, 2.45) is 0 Å². The molecule has 4 rings (SSSR count). The number of carbonyl (C=O) groups excluding carboxylic acids is 1. The van der Waals surface area contributed by atoms with E-state index in [1.807, 2.05) is 50.5 Å². The third kappa shape index (κ3) is 5.82. The Labute approximate surface area is 195 Å². The molecule has 1 atom stereocenters. The fraction of sp³-hybridized carbons (Fsp3) is 0.250. The molecule has 33 heavy (non-hydrogen) atoms. The Hall–Kier alpha value is -3.57. The Balaban J connectivity index is 1.42. The molecule has 3 aromatic carbocycles. The lowest BCUT2D eigenvalue weighted by Gasteiger charge is -2.20. The average Bonchev–Trinajstić information content (AvgIpc) is 3.27. The van der Waals surface area contributed by atoms with Gasteiger partial charge in [-0.2, -0.15) is 0 Å². The second kappa shape index (κ2) is 10.8. The molecule has 0 spiro atoms. The number of anilines is 1. The molecule has 170 valence electrons. The lowest BCUT2D eigenvalue weighted by atomic mass is 9.90. The number of amides is 1. The van der Waals surface area contributed by atoms with E-state index in [0.717, 1.165) is 16.8 Å². The fourth-order valence-electron chi connectivity index (χ4n) is 4.03. The topological polar surface area (TPSA) is 57.4 Å². The van der Waals surface area contributed by atoms with Crippen molar-refractivity contribution in [3.05, 3.63) is 102 Å². The molecule has 0 aliphatic heterocycles. The number of hydrogen-bond donors (Lipinski definition) is 2. The maximum atomic E-state index is 12.6. The number of hydrogen-bond acceptors (Lipinski definition) is 3. The van der Waals surface area contributed by atoms with Gasteiger partial charge in [-0.25, -0.2) is 0 Å². The normalized spacial score (nSPS) is 11.9. The molecule has 0 fully saturated rings. The minimum Gasteiger partial charge on any atom is -0.378 e. The molecular formula is C28H31N3O2. The zero-order valence-corrected chi connectivity index (χ0v) is 19.3. The quantitative estimate of drug-likeness (QED) is 0.337. The highest BCUT2D eigenvalue weighted by atomic mass is 16.5. The van der Waals surface area contributed by atoms with E-state index in [2.05, 4.69) is 63.9 Å². The standard InChI is InChI=1S/C28H31N3O2/c1-31(2)23-14-12-22(13-15-23)25(26-19-29-27-11-7-6-10-24(26)27)18-30-28(32)16-17-33-20-21-8-4-3-5-9-21/h3-15,19,25,29H,16-18,20H2,1-2H3,(H,30,32). The van der Waals surface area contributed by atoms with Crippen molar-refractivity contribution in [1.29, 1.82) is 0 Å². The van der Waals surface area contributed by atoms with Gasteiger partial charge in [0, 0.05) is 55.8 Å². The van der Waals surface area contributed by atoms with Crippen molar-refractivity contribution < 1.29 is 9.53 Å². The van der Waals surface area contributed by atoms with E-state index in [1.54, 1.807) is 0 Å². The molecule has 0 saturated carbocycles. The van der Waals surface area contributed by atoms with Crippen LogP contribution < -0.4 is 10.2 Å². The Kier molecular flexibility index (Phi) is 7.43. The van der Waals surface area contributed by atoms with Crippen molar-refractivity contribution in [3.63, 3.8) is 0 Å². The van der Waals surface area contributed by atoms with Crippen LogP contribution in [0, 0.1) is 0 Å². The van der Waals surface area contributed by atoms with Crippen LogP contribution in [-0.2, 0) is 16.1 Å². The first kappa shape index (κ1) is 22.6. The maximum absolute atomic E-state index is 12.6. The molecule has 4 aromatic rings. The average molecular weight is 442 g/mol. The Morgan fingerprint density at radius 2 is 1.70 bits per heavy atom. The molecule has 5 nitrogen and oxygen atoms in total. The van der Waals surface area contributed by atoms with Gasteiger partial charge in [0.25, 0.3) is 0 Å². The van der Waals surface area contributed by atoms with Crippen LogP contribution in [0.1, 0.15) is 29.0 Å². The van der Waals surface area contributed by atoms with E-state index in [4.69, 9.17) is 4.74 Å². The van der Waals surface area contributed by atoms with Crippen molar-refractivity contribution in [2.45, 2.75) is 18.9 Å². The number of aromatic nitrogens is 1. The molecule has 5 heteroatoms. The highest BCUT2D eigenvalue weighted by Gasteiger charge is 2.19. The van der Waals surface area contributed by atoms with Gasteiger partial charge >= 0.3 is 0 Å². The van der Waals surface area contributed by atoms with E-state index >= 15 is 0 Å². The summed E-state index contributed by atoms with van der Waals surface area (Å²) in [5.74, 6) is 0.0457. The summed E-state index contributed by atoms with van der Waals surface area (Å²) in [5, 5.41) is 4.31. The van der Waals surface area contributed by atoms with E-state index < -0.39 is 0 Å². The molecule has 2 N–H and O–H groups in total. The molecule has 0 aliphatic rings. The maximum Gasteiger partial charge on any atom is 0.222 e. The van der Waals surface area contributed by atoms with Crippen LogP contribution in [0.25, 0.3) is 10.9 Å². The molecule has 0 aliphatic carbocycles. The SMILES string of the molecule is CN(C)c1ccc(C(CNC(=O)CCOCc2ccccc2)c2c[nH]c3ccccc23)cc1. The summed E-state index contributed by atoms with van der Waals surface area (Å²) >= 11 is 0. The number of carbonyl (C=O) groups is 1. The van der Waals surface area contributed by atoms with Gasteiger partial charge in [0.2, 0.25) is 5.91 Å². The molecular weight excluding hydrogens is 410 g/mol. The van der Waals surface area contributed by atoms with Gasteiger partial charge < -0.3 is 19.9 Å². The van der Waals surface area contributed by atoms with Crippen LogP contribution in [0.3, 0.4) is 0 Å². The van der Waals surface area contributed by atoms with E-state index in [-0.39, 0.29) is 11.8 Å². The summed E-state index contributed by atoms with van der Waals surface area (Å²) in [7, 11) is 4.07. The lowest BCUT2D eigenvalue weighted by molar-refractivity contribution is -0.122. The predicted octanol–water partition coefficient (Wildman–Crippen LogP) is 5.09. The number of nitrogens with zero attached hydrogens (tertiary/aromatic N) is 1. The van der Waals surface area contributed by atoms with Crippen molar-refractivity contribution in [1.82, 2.24) is 10.3 Å². The zero-order chi connectivity index (χ0) is 23.0. The third-order valence-electron chi connectivity index (χ3n) is 5.90. The minimum atomic E-state index is -0.00202. The number of H-pyrrole nitrogens is 1. The largest absolute Gasteiger partial charge is 0.378 e. The molecule has 1 amide bonds. The van der Waals surface area contributed by atoms with Gasteiger partial charge in [-0.3, -0.25) is 4.79 Å². The van der Waals surface area contributed by atoms with Crippen molar-refractivity contribution >= 4 is 22.5 Å². The summed E-state index contributed by atoms with van der Waals surface area (Å²) in [4.78, 5) is 18.0. The smallest absolute Gasteiger partial charge is 0.222 e. The summed E-state index contributed by atoms with van der Waals surface area (Å²) in [6.45, 7) is 1.45. The van der Waals surface area contributed by atoms with Crippen molar-refractivity contribution in [2.75, 3.05) is 32.1 Å². The van der Waals surface area contributed by atoms with Gasteiger partial charge in [0.05, 0.1) is 13.2 Å². The van der Waals surface area contributed by atoms with E-state index in [0.29, 0.717) is 26.2 Å². The highest BCUT2D eigenvalue weighted by molar-refractivity contribution is 5.84. The minimum absolute atomic E-state index is 0.00202. The van der Waals surface area contributed by atoms with Crippen LogP contribution in [0.15, 0.2) is 85.1 Å². The van der Waals surface area contributed by atoms with Crippen LogP contribution >= 0.6 is 0 Å². The van der Waals surface area contributed by atoms with Crippen LogP contribution in [0.2, 0.25) is 0 Å².